The van der Waals surface area contributed by atoms with Gasteiger partial charge in [0.25, 0.3) is 0 Å². The predicted octanol–water partition coefficient (Wildman–Crippen LogP) is 7.02. The number of ether oxygens (including phenoxy) is 1. The highest BCUT2D eigenvalue weighted by Gasteiger charge is 2.21. The summed E-state index contributed by atoms with van der Waals surface area (Å²) in [6.45, 7) is 12.7. The highest BCUT2D eigenvalue weighted by Crippen LogP contribution is 2.38. The first-order valence-corrected chi connectivity index (χ1v) is 9.97. The van der Waals surface area contributed by atoms with E-state index in [9.17, 15) is 5.11 Å². The van der Waals surface area contributed by atoms with Crippen LogP contribution in [-0.4, -0.2) is 12.2 Å². The van der Waals surface area contributed by atoms with Gasteiger partial charge in [-0.3, -0.25) is 0 Å². The van der Waals surface area contributed by atoms with E-state index in [-0.39, 0.29) is 5.76 Å². The number of hydrogen-bond donors (Lipinski definition) is 1. The van der Waals surface area contributed by atoms with Crippen molar-refractivity contribution < 1.29 is 9.84 Å². The van der Waals surface area contributed by atoms with E-state index in [4.69, 9.17) is 4.74 Å². The number of benzene rings is 3. The van der Waals surface area contributed by atoms with Crippen molar-refractivity contribution in [3.05, 3.63) is 98.6 Å². The van der Waals surface area contributed by atoms with Crippen LogP contribution in [0.15, 0.2) is 48.5 Å². The molecule has 0 radical (unpaired) electrons. The van der Waals surface area contributed by atoms with E-state index in [2.05, 4.69) is 65.8 Å². The van der Waals surface area contributed by atoms with Crippen molar-refractivity contribution in [2.24, 2.45) is 0 Å². The van der Waals surface area contributed by atoms with E-state index in [0.29, 0.717) is 0 Å². The zero-order chi connectivity index (χ0) is 21.3. The smallest absolute Gasteiger partial charge is 0.131 e. The molecule has 150 valence electrons. The first-order chi connectivity index (χ1) is 13.7. The second-order valence-corrected chi connectivity index (χ2v) is 8.00. The average Bonchev–Trinajstić information content (AvgIpc) is 2.64. The van der Waals surface area contributed by atoms with Crippen LogP contribution in [-0.2, 0) is 0 Å². The molecule has 0 bridgehead atoms. The number of aliphatic hydroxyl groups is 1. The van der Waals surface area contributed by atoms with Crippen molar-refractivity contribution in [2.75, 3.05) is 7.11 Å². The maximum atomic E-state index is 11.5. The molecule has 0 atom stereocenters. The molecule has 2 nitrogen and oxygen atoms in total. The predicted molar refractivity (Wildman–Crippen MR) is 123 cm³/mol. The normalized spacial score (nSPS) is 10.7. The number of methoxy groups -OCH3 is 1. The Labute approximate surface area is 174 Å². The summed E-state index contributed by atoms with van der Waals surface area (Å²) in [7, 11) is 1.65. The molecule has 1 N–H and O–H groups in total. The van der Waals surface area contributed by atoms with Gasteiger partial charge < -0.3 is 9.84 Å². The molecule has 0 spiro atoms. The van der Waals surface area contributed by atoms with Gasteiger partial charge in [0.2, 0.25) is 0 Å². The summed E-state index contributed by atoms with van der Waals surface area (Å²) in [6.07, 6.45) is 0. The minimum Gasteiger partial charge on any atom is -0.507 e. The Kier molecular flexibility index (Phi) is 5.83. The van der Waals surface area contributed by atoms with Crippen molar-refractivity contribution in [1.82, 2.24) is 0 Å². The standard InChI is InChI=1S/C27H30O2/c1-16-12-18(3)24(19(4)13-16)26(25-20(5)14-17(2)15-21(25)6)27(28)22-8-10-23(29-7)11-9-22/h8-15,28H,1-7H3. The first-order valence-electron chi connectivity index (χ1n) is 9.97. The van der Waals surface area contributed by atoms with Crippen LogP contribution in [0.4, 0.5) is 0 Å². The van der Waals surface area contributed by atoms with Crippen molar-refractivity contribution in [3.8, 4) is 5.75 Å². The van der Waals surface area contributed by atoms with Crippen LogP contribution in [0.2, 0.25) is 0 Å². The van der Waals surface area contributed by atoms with Crippen LogP contribution < -0.4 is 4.74 Å². The Balaban J connectivity index is 2.40. The number of aliphatic hydroxyl groups excluding tert-OH is 1. The SMILES string of the molecule is COc1ccc(C(O)=C(c2c(C)cc(C)cc2C)c2c(C)cc(C)cc2C)cc1. The third-order valence-corrected chi connectivity index (χ3v) is 5.45. The van der Waals surface area contributed by atoms with Gasteiger partial charge in [-0.1, -0.05) is 35.4 Å². The molecular weight excluding hydrogens is 356 g/mol. The molecule has 3 rings (SSSR count). The van der Waals surface area contributed by atoms with Crippen LogP contribution in [0.1, 0.15) is 50.1 Å². The van der Waals surface area contributed by atoms with E-state index in [1.807, 2.05) is 24.3 Å². The summed E-state index contributed by atoms with van der Waals surface area (Å²) >= 11 is 0. The number of rotatable bonds is 4. The minimum atomic E-state index is 0.290. The van der Waals surface area contributed by atoms with Gasteiger partial charge in [-0.05, 0) is 99.2 Å². The summed E-state index contributed by atoms with van der Waals surface area (Å²) in [6, 6.07) is 16.3. The highest BCUT2D eigenvalue weighted by atomic mass is 16.5. The fraction of sp³-hybridized carbons (Fsp3) is 0.259. The fourth-order valence-corrected chi connectivity index (χ4v) is 4.40. The Morgan fingerprint density at radius 3 is 1.38 bits per heavy atom. The molecule has 0 unspecified atom stereocenters. The van der Waals surface area contributed by atoms with Crippen LogP contribution in [0.3, 0.4) is 0 Å². The molecule has 0 aromatic heterocycles. The van der Waals surface area contributed by atoms with Gasteiger partial charge in [-0.2, -0.15) is 0 Å². The fourth-order valence-electron chi connectivity index (χ4n) is 4.40. The second kappa shape index (κ2) is 8.16. The van der Waals surface area contributed by atoms with Gasteiger partial charge in [0, 0.05) is 11.1 Å². The van der Waals surface area contributed by atoms with Crippen LogP contribution >= 0.6 is 0 Å². The van der Waals surface area contributed by atoms with Crippen molar-refractivity contribution in [2.45, 2.75) is 41.5 Å². The molecule has 3 aromatic rings. The molecular formula is C27H30O2. The lowest BCUT2D eigenvalue weighted by atomic mass is 9.83. The van der Waals surface area contributed by atoms with Crippen molar-refractivity contribution in [1.29, 1.82) is 0 Å². The molecule has 0 aliphatic rings. The summed E-state index contributed by atoms with van der Waals surface area (Å²) < 4.78 is 5.28. The number of hydrogen-bond acceptors (Lipinski definition) is 2. The average molecular weight is 387 g/mol. The Morgan fingerprint density at radius 2 is 1.03 bits per heavy atom. The monoisotopic (exact) mass is 386 g/mol. The van der Waals surface area contributed by atoms with Gasteiger partial charge in [0.15, 0.2) is 0 Å². The zero-order valence-corrected chi connectivity index (χ0v) is 18.5. The molecule has 0 aliphatic heterocycles. The first kappa shape index (κ1) is 20.7. The third kappa shape index (κ3) is 4.07. The minimum absolute atomic E-state index is 0.290. The van der Waals surface area contributed by atoms with Gasteiger partial charge in [-0.25, -0.2) is 0 Å². The summed E-state index contributed by atoms with van der Waals surface area (Å²) in [5.74, 6) is 1.06. The van der Waals surface area contributed by atoms with E-state index in [1.54, 1.807) is 7.11 Å². The lowest BCUT2D eigenvalue weighted by Crippen LogP contribution is -2.04. The lowest BCUT2D eigenvalue weighted by molar-refractivity contribution is 0.414. The van der Waals surface area contributed by atoms with Crippen molar-refractivity contribution in [3.63, 3.8) is 0 Å². The molecule has 0 heterocycles. The van der Waals surface area contributed by atoms with Gasteiger partial charge in [0.1, 0.15) is 11.5 Å². The number of aryl methyl sites for hydroxylation is 6. The maximum Gasteiger partial charge on any atom is 0.131 e. The molecule has 0 saturated carbocycles. The topological polar surface area (TPSA) is 29.5 Å². The van der Waals surface area contributed by atoms with Gasteiger partial charge in [0.05, 0.1) is 7.11 Å². The van der Waals surface area contributed by atoms with E-state index in [0.717, 1.165) is 50.3 Å². The Hall–Kier alpha value is -3.00. The van der Waals surface area contributed by atoms with E-state index in [1.165, 1.54) is 11.1 Å². The molecule has 0 saturated heterocycles. The molecule has 29 heavy (non-hydrogen) atoms. The highest BCUT2D eigenvalue weighted by molar-refractivity contribution is 5.99. The Morgan fingerprint density at radius 1 is 0.655 bits per heavy atom. The molecule has 2 heteroatoms. The van der Waals surface area contributed by atoms with E-state index < -0.39 is 0 Å². The molecule has 0 fully saturated rings. The summed E-state index contributed by atoms with van der Waals surface area (Å²) in [4.78, 5) is 0. The van der Waals surface area contributed by atoms with Crippen LogP contribution in [0, 0.1) is 41.5 Å². The van der Waals surface area contributed by atoms with Gasteiger partial charge >= 0.3 is 0 Å². The second-order valence-electron chi connectivity index (χ2n) is 8.00. The van der Waals surface area contributed by atoms with Gasteiger partial charge in [-0.15, -0.1) is 0 Å². The third-order valence-electron chi connectivity index (χ3n) is 5.45. The summed E-state index contributed by atoms with van der Waals surface area (Å²) in [5, 5.41) is 11.5. The molecule has 0 amide bonds. The molecule has 0 aliphatic carbocycles. The van der Waals surface area contributed by atoms with E-state index >= 15 is 0 Å². The molecule has 3 aromatic carbocycles. The lowest BCUT2D eigenvalue weighted by Gasteiger charge is -2.21. The van der Waals surface area contributed by atoms with Crippen LogP contribution in [0.25, 0.3) is 11.3 Å². The summed E-state index contributed by atoms with van der Waals surface area (Å²) in [5.41, 5.74) is 11.0. The maximum absolute atomic E-state index is 11.5. The largest absolute Gasteiger partial charge is 0.507 e. The quantitative estimate of drug-likeness (QED) is 0.385. The van der Waals surface area contributed by atoms with Crippen LogP contribution in [0.5, 0.6) is 5.75 Å². The zero-order valence-electron chi connectivity index (χ0n) is 18.5. The van der Waals surface area contributed by atoms with Crippen molar-refractivity contribution >= 4 is 11.3 Å². The Bertz CT molecular complexity index is 981.